The monoisotopic (exact) mass is 336 g/mol. The maximum atomic E-state index is 3.70. The fraction of sp³-hybridized carbons (Fsp3) is 0.583. The van der Waals surface area contributed by atoms with E-state index in [0.717, 1.165) is 12.8 Å². The molecule has 0 aromatic heterocycles. The normalized spacial score (nSPS) is 9.53. The van der Waals surface area contributed by atoms with Crippen molar-refractivity contribution in [1.82, 2.24) is 0 Å². The van der Waals surface area contributed by atoms with Gasteiger partial charge in [0.05, 0.1) is 0 Å². The Bertz CT molecular complexity index is 222. The fourth-order valence-electron chi connectivity index (χ4n) is 0.868. The molecule has 0 aliphatic carbocycles. The number of allylic oxidation sites excluding steroid dienone is 2. The number of hydrogen-bond donors (Lipinski definition) is 0. The second-order valence-corrected chi connectivity index (χ2v) is 9.21. The molecule has 0 radical (unpaired) electrons. The van der Waals surface area contributed by atoms with Gasteiger partial charge >= 0.3 is 30.0 Å². The zero-order valence-electron chi connectivity index (χ0n) is 10.5. The molecule has 0 saturated carbocycles. The summed E-state index contributed by atoms with van der Waals surface area (Å²) < 4.78 is 0. The number of hydrogen-bond acceptors (Lipinski definition) is 0. The van der Waals surface area contributed by atoms with E-state index in [0.29, 0.717) is 0 Å². The van der Waals surface area contributed by atoms with E-state index in [-0.39, 0.29) is 0 Å². The number of halogens is 1. The third-order valence-electron chi connectivity index (χ3n) is 1.61. The van der Waals surface area contributed by atoms with Crippen molar-refractivity contribution in [2.45, 2.75) is 45.8 Å². The molecule has 0 rings (SSSR count). The van der Waals surface area contributed by atoms with Gasteiger partial charge in [-0.1, -0.05) is 38.6 Å². The summed E-state index contributed by atoms with van der Waals surface area (Å²) in [5.41, 5.74) is 7.97. The predicted molar refractivity (Wildman–Crippen MR) is 72.3 cm³/mol. The van der Waals surface area contributed by atoms with Crippen molar-refractivity contribution in [3.8, 4) is 0 Å². The van der Waals surface area contributed by atoms with Gasteiger partial charge in [0.15, 0.2) is 0 Å². The van der Waals surface area contributed by atoms with E-state index in [9.17, 15) is 0 Å². The van der Waals surface area contributed by atoms with Crippen LogP contribution in [0.15, 0.2) is 24.0 Å². The van der Waals surface area contributed by atoms with Crippen molar-refractivity contribution in [3.63, 3.8) is 0 Å². The minimum absolute atomic E-state index is 1.10. The van der Waals surface area contributed by atoms with Crippen LogP contribution in [-0.2, 0) is 16.3 Å². The topological polar surface area (TPSA) is 0 Å². The Labute approximate surface area is 113 Å². The van der Waals surface area contributed by atoms with Gasteiger partial charge in [-0.2, -0.15) is 5.57 Å². The molecule has 0 bridgehead atoms. The van der Waals surface area contributed by atoms with Gasteiger partial charge in [0.25, 0.3) is 0 Å². The van der Waals surface area contributed by atoms with E-state index in [1.807, 2.05) is 6.08 Å². The third kappa shape index (κ3) is 17.2. The Hall–Kier alpha value is 0.580. The first-order valence-electron chi connectivity index (χ1n) is 5.19. The summed E-state index contributed by atoms with van der Waals surface area (Å²) in [6, 6.07) is 0. The van der Waals surface area contributed by atoms with Crippen LogP contribution in [0.5, 0.6) is 0 Å². The molecule has 82 valence electrons. The molecule has 0 atom stereocenters. The molecule has 3 heteroatoms. The van der Waals surface area contributed by atoms with E-state index in [2.05, 4.69) is 58.2 Å². The third-order valence-corrected chi connectivity index (χ3v) is 2.49. The van der Waals surface area contributed by atoms with Gasteiger partial charge in [-0.05, 0) is 14.5 Å². The van der Waals surface area contributed by atoms with Crippen molar-refractivity contribution >= 4 is 21.7 Å². The van der Waals surface area contributed by atoms with Gasteiger partial charge in [0.1, 0.15) is 0 Å². The summed E-state index contributed by atoms with van der Waals surface area (Å²) in [5.74, 6) is 0. The Morgan fingerprint density at radius 3 is 2.40 bits per heavy atom. The zero-order valence-corrected chi connectivity index (χ0v) is 16.0. The summed E-state index contributed by atoms with van der Waals surface area (Å²) in [7, 11) is -1.17. The summed E-state index contributed by atoms with van der Waals surface area (Å²) in [6.45, 7) is 12.7. The van der Waals surface area contributed by atoms with Crippen LogP contribution in [0.25, 0.3) is 0 Å². The van der Waals surface area contributed by atoms with Crippen LogP contribution in [0.3, 0.4) is 0 Å². The van der Waals surface area contributed by atoms with Crippen LogP contribution >= 0.6 is 13.6 Å². The van der Waals surface area contributed by atoms with Crippen LogP contribution in [0.1, 0.15) is 26.2 Å². The van der Waals surface area contributed by atoms with Crippen molar-refractivity contribution in [1.29, 1.82) is 0 Å². The quantitative estimate of drug-likeness (QED) is 0.218. The minimum atomic E-state index is -1.17. The molecule has 0 unspecified atom stereocenters. The maximum absolute atomic E-state index is 3.70. The standard InChI is InChI=1S/C12H21Si.BrH.Zn/c1-6-7-8-9-12(2)10-11-13(3,4)5;;/h6H,1,7-9H2,2-5H3;1H;/q-1;;+2/p-1. The molecule has 0 aromatic carbocycles. The Balaban J connectivity index is 0. The molecular weight excluding hydrogens is 318 g/mol. The van der Waals surface area contributed by atoms with Gasteiger partial charge in [0.2, 0.25) is 0 Å². The molecule has 0 fully saturated rings. The average molecular weight is 339 g/mol. The van der Waals surface area contributed by atoms with Crippen LogP contribution in [0.2, 0.25) is 19.6 Å². The summed E-state index contributed by atoms with van der Waals surface area (Å²) in [4.78, 5) is 0. The van der Waals surface area contributed by atoms with Gasteiger partial charge in [-0.3, -0.25) is 0 Å². The van der Waals surface area contributed by atoms with Crippen LogP contribution < -0.4 is 0 Å². The van der Waals surface area contributed by atoms with E-state index in [1.165, 1.54) is 28.3 Å². The molecule has 0 saturated heterocycles. The van der Waals surface area contributed by atoms with Crippen LogP contribution in [-0.4, -0.2) is 8.07 Å². The molecule has 0 aliphatic heterocycles. The van der Waals surface area contributed by atoms with E-state index in [1.54, 1.807) is 0 Å². The first-order chi connectivity index (χ1) is 6.95. The molecule has 0 nitrogen and oxygen atoms in total. The van der Waals surface area contributed by atoms with Crippen molar-refractivity contribution < 1.29 is 16.3 Å². The van der Waals surface area contributed by atoms with Crippen molar-refractivity contribution in [3.05, 3.63) is 29.7 Å². The zero-order chi connectivity index (χ0) is 12.3. The Morgan fingerprint density at radius 2 is 2.00 bits per heavy atom. The number of unbranched alkanes of at least 4 members (excludes halogenated alkanes) is 1. The second-order valence-electron chi connectivity index (χ2n) is 4.46. The summed E-state index contributed by atoms with van der Waals surface area (Å²) >= 11 is 4.25. The van der Waals surface area contributed by atoms with Crippen molar-refractivity contribution in [2.24, 2.45) is 0 Å². The first-order valence-corrected chi connectivity index (χ1v) is 15.6. The molecule has 0 amide bonds. The van der Waals surface area contributed by atoms with E-state index in [4.69, 9.17) is 0 Å². The Kier molecular flexibility index (Phi) is 13.3. The molecule has 0 heterocycles. The average Bonchev–Trinajstić information content (AvgIpc) is 2.17. The molecule has 0 aliphatic rings. The fourth-order valence-corrected chi connectivity index (χ4v) is 1.46. The molecule has 0 aromatic rings. The molecule has 15 heavy (non-hydrogen) atoms. The van der Waals surface area contributed by atoms with Crippen LogP contribution in [0.4, 0.5) is 0 Å². The second kappa shape index (κ2) is 11.1. The summed E-state index contributed by atoms with van der Waals surface area (Å²) in [6.07, 6.45) is 5.39. The van der Waals surface area contributed by atoms with Gasteiger partial charge in [0, 0.05) is 0 Å². The molecule has 0 spiro atoms. The summed E-state index contributed by atoms with van der Waals surface area (Å²) in [5, 5.41) is 0. The van der Waals surface area contributed by atoms with E-state index < -0.39 is 8.07 Å². The van der Waals surface area contributed by atoms with Crippen LogP contribution in [0, 0.1) is 5.70 Å². The van der Waals surface area contributed by atoms with Gasteiger partial charge in [-0.15, -0.1) is 13.5 Å². The molecule has 0 N–H and O–H groups in total. The van der Waals surface area contributed by atoms with Gasteiger partial charge in [-0.25, -0.2) is 5.70 Å². The number of rotatable bonds is 5. The SMILES string of the molecule is C=CCCCC(C)=C=[C-][Si](C)(C)C.[Zn+][Br]. The predicted octanol–water partition coefficient (Wildman–Crippen LogP) is 4.97. The first kappa shape index (κ1) is 18.0. The van der Waals surface area contributed by atoms with E-state index >= 15 is 0 Å². The molecular formula is C12H21BrSiZn. The van der Waals surface area contributed by atoms with Crippen molar-refractivity contribution in [2.75, 3.05) is 0 Å². The van der Waals surface area contributed by atoms with Gasteiger partial charge < -0.3 is 5.73 Å². The Morgan fingerprint density at radius 1 is 1.47 bits per heavy atom.